The lowest BCUT2D eigenvalue weighted by molar-refractivity contribution is -0.120. The van der Waals surface area contributed by atoms with Crippen molar-refractivity contribution in [2.45, 2.75) is 26.3 Å². The highest BCUT2D eigenvalue weighted by molar-refractivity contribution is 5.94. The van der Waals surface area contributed by atoms with E-state index in [1.165, 1.54) is 0 Å². The molecule has 8 heteroatoms. The van der Waals surface area contributed by atoms with Gasteiger partial charge in [-0.25, -0.2) is 0 Å². The van der Waals surface area contributed by atoms with Crippen molar-refractivity contribution in [3.05, 3.63) is 55.0 Å². The van der Waals surface area contributed by atoms with Gasteiger partial charge in [0, 0.05) is 56.5 Å². The van der Waals surface area contributed by atoms with Gasteiger partial charge in [0.2, 0.25) is 5.91 Å². The van der Waals surface area contributed by atoms with Crippen LogP contribution in [0.2, 0.25) is 0 Å². The molecule has 5 rings (SSSR count). The van der Waals surface area contributed by atoms with Gasteiger partial charge in [0.1, 0.15) is 0 Å². The lowest BCUT2D eigenvalue weighted by Crippen LogP contribution is -2.52. The summed E-state index contributed by atoms with van der Waals surface area (Å²) in [6, 6.07) is 11.7. The fraction of sp³-hybridized carbons (Fsp3) is 0.417. The Morgan fingerprint density at radius 2 is 1.94 bits per heavy atom. The number of aromatic nitrogens is 4. The predicted molar refractivity (Wildman–Crippen MR) is 122 cm³/mol. The SMILES string of the molecule is CC1(Cn2cc(-c3ccc(NC(=O)C4CN(c5cccnn5)C4)cc3)cn2)CCOCC1. The van der Waals surface area contributed by atoms with E-state index in [2.05, 4.69) is 38.6 Å². The molecule has 0 saturated carbocycles. The van der Waals surface area contributed by atoms with Crippen molar-refractivity contribution in [1.82, 2.24) is 20.0 Å². The first kappa shape index (κ1) is 20.6. The summed E-state index contributed by atoms with van der Waals surface area (Å²) in [7, 11) is 0. The molecule has 1 N–H and O–H groups in total. The molecular weight excluding hydrogens is 404 g/mol. The molecule has 8 nitrogen and oxygen atoms in total. The van der Waals surface area contributed by atoms with Crippen molar-refractivity contribution in [3.8, 4) is 11.1 Å². The van der Waals surface area contributed by atoms with Gasteiger partial charge in [0.25, 0.3) is 0 Å². The zero-order valence-corrected chi connectivity index (χ0v) is 18.3. The minimum Gasteiger partial charge on any atom is -0.381 e. The highest BCUT2D eigenvalue weighted by Gasteiger charge is 2.33. The van der Waals surface area contributed by atoms with E-state index in [4.69, 9.17) is 4.74 Å². The van der Waals surface area contributed by atoms with Crippen LogP contribution in [0.25, 0.3) is 11.1 Å². The molecule has 2 aliphatic heterocycles. The van der Waals surface area contributed by atoms with Gasteiger partial charge in [0.05, 0.1) is 12.1 Å². The minimum atomic E-state index is -0.0403. The number of carbonyl (C=O) groups is 1. The van der Waals surface area contributed by atoms with Crippen LogP contribution in [0, 0.1) is 11.3 Å². The largest absolute Gasteiger partial charge is 0.381 e. The summed E-state index contributed by atoms with van der Waals surface area (Å²) >= 11 is 0. The third-order valence-corrected chi connectivity index (χ3v) is 6.50. The number of nitrogens with zero attached hydrogens (tertiary/aromatic N) is 5. The van der Waals surface area contributed by atoms with Gasteiger partial charge in [-0.1, -0.05) is 19.1 Å². The molecule has 1 aromatic carbocycles. The van der Waals surface area contributed by atoms with Gasteiger partial charge < -0.3 is 15.0 Å². The van der Waals surface area contributed by atoms with Crippen LogP contribution in [0.1, 0.15) is 19.8 Å². The maximum atomic E-state index is 12.6. The van der Waals surface area contributed by atoms with Gasteiger partial charge in [-0.05, 0) is 48.1 Å². The Morgan fingerprint density at radius 3 is 2.66 bits per heavy atom. The fourth-order valence-electron chi connectivity index (χ4n) is 4.30. The van der Waals surface area contributed by atoms with Crippen molar-refractivity contribution in [2.75, 3.05) is 36.5 Å². The molecule has 2 fully saturated rings. The highest BCUT2D eigenvalue weighted by Crippen LogP contribution is 2.32. The maximum Gasteiger partial charge on any atom is 0.231 e. The Bertz CT molecular complexity index is 1050. The topological polar surface area (TPSA) is 85.2 Å². The van der Waals surface area contributed by atoms with Crippen LogP contribution in [0.15, 0.2) is 55.0 Å². The molecule has 0 bridgehead atoms. The summed E-state index contributed by atoms with van der Waals surface area (Å²) in [4.78, 5) is 14.6. The number of ether oxygens (including phenoxy) is 1. The van der Waals surface area contributed by atoms with Crippen LogP contribution in [-0.4, -0.2) is 52.2 Å². The van der Waals surface area contributed by atoms with E-state index in [-0.39, 0.29) is 17.2 Å². The van der Waals surface area contributed by atoms with Crippen molar-refractivity contribution < 1.29 is 9.53 Å². The Morgan fingerprint density at radius 1 is 1.16 bits per heavy atom. The summed E-state index contributed by atoms with van der Waals surface area (Å²) < 4.78 is 7.54. The van der Waals surface area contributed by atoms with Crippen molar-refractivity contribution in [1.29, 1.82) is 0 Å². The van der Waals surface area contributed by atoms with Gasteiger partial charge in [-0.2, -0.15) is 10.2 Å². The number of hydrogen-bond donors (Lipinski definition) is 1. The Hall–Kier alpha value is -3.26. The second-order valence-electron chi connectivity index (χ2n) is 9.10. The average molecular weight is 433 g/mol. The number of nitrogens with one attached hydrogen (secondary N) is 1. The second kappa shape index (κ2) is 8.70. The number of anilines is 2. The summed E-state index contributed by atoms with van der Waals surface area (Å²) in [6.07, 6.45) is 7.78. The van der Waals surface area contributed by atoms with Gasteiger partial charge in [0.15, 0.2) is 5.82 Å². The van der Waals surface area contributed by atoms with Crippen LogP contribution in [0.4, 0.5) is 11.5 Å². The van der Waals surface area contributed by atoms with E-state index in [9.17, 15) is 4.79 Å². The summed E-state index contributed by atoms with van der Waals surface area (Å²) in [5.74, 6) is 0.809. The van der Waals surface area contributed by atoms with Crippen LogP contribution < -0.4 is 10.2 Å². The molecule has 0 unspecified atom stereocenters. The molecule has 3 aromatic rings. The molecular formula is C24H28N6O2. The summed E-state index contributed by atoms with van der Waals surface area (Å²) in [5, 5.41) is 15.6. The first-order chi connectivity index (χ1) is 15.6. The number of rotatable bonds is 6. The number of carbonyl (C=O) groups excluding carboxylic acids is 1. The maximum absolute atomic E-state index is 12.6. The zero-order chi connectivity index (χ0) is 22.0. The van der Waals surface area contributed by atoms with E-state index in [0.717, 1.165) is 55.2 Å². The van der Waals surface area contributed by atoms with Crippen LogP contribution >= 0.6 is 0 Å². The Labute approximate surface area is 187 Å². The van der Waals surface area contributed by atoms with Crippen molar-refractivity contribution >= 4 is 17.4 Å². The van der Waals surface area contributed by atoms with Crippen LogP contribution in [0.3, 0.4) is 0 Å². The van der Waals surface area contributed by atoms with E-state index < -0.39 is 0 Å². The second-order valence-corrected chi connectivity index (χ2v) is 9.10. The predicted octanol–water partition coefficient (Wildman–Crippen LogP) is 3.23. The zero-order valence-electron chi connectivity index (χ0n) is 18.3. The molecule has 166 valence electrons. The number of benzene rings is 1. The molecule has 2 saturated heterocycles. The van der Waals surface area contributed by atoms with E-state index in [1.54, 1.807) is 6.20 Å². The van der Waals surface area contributed by atoms with Crippen LogP contribution in [-0.2, 0) is 16.1 Å². The molecule has 0 radical (unpaired) electrons. The van der Waals surface area contributed by atoms with Gasteiger partial charge in [-0.15, -0.1) is 5.10 Å². The Balaban J connectivity index is 1.15. The van der Waals surface area contributed by atoms with E-state index in [1.807, 2.05) is 47.3 Å². The molecule has 2 aromatic heterocycles. The molecule has 0 atom stereocenters. The monoisotopic (exact) mass is 432 g/mol. The fourth-order valence-corrected chi connectivity index (χ4v) is 4.30. The van der Waals surface area contributed by atoms with E-state index >= 15 is 0 Å². The third kappa shape index (κ3) is 4.50. The Kier molecular flexibility index (Phi) is 5.61. The van der Waals surface area contributed by atoms with E-state index in [0.29, 0.717) is 13.1 Å². The molecule has 4 heterocycles. The highest BCUT2D eigenvalue weighted by atomic mass is 16.5. The van der Waals surface area contributed by atoms with Gasteiger partial charge >= 0.3 is 0 Å². The van der Waals surface area contributed by atoms with Crippen LogP contribution in [0.5, 0.6) is 0 Å². The third-order valence-electron chi connectivity index (χ3n) is 6.50. The first-order valence-electron chi connectivity index (χ1n) is 11.1. The average Bonchev–Trinajstić information content (AvgIpc) is 3.22. The summed E-state index contributed by atoms with van der Waals surface area (Å²) in [6.45, 7) is 6.19. The smallest absolute Gasteiger partial charge is 0.231 e. The summed E-state index contributed by atoms with van der Waals surface area (Å²) in [5.41, 5.74) is 3.21. The quantitative estimate of drug-likeness (QED) is 0.644. The van der Waals surface area contributed by atoms with Gasteiger partial charge in [-0.3, -0.25) is 9.48 Å². The molecule has 0 spiro atoms. The molecule has 0 aliphatic carbocycles. The molecule has 1 amide bonds. The lowest BCUT2D eigenvalue weighted by Gasteiger charge is -2.38. The lowest BCUT2D eigenvalue weighted by atomic mass is 9.82. The van der Waals surface area contributed by atoms with Crippen molar-refractivity contribution in [2.24, 2.45) is 11.3 Å². The normalized spacial score (nSPS) is 18.2. The number of hydrogen-bond acceptors (Lipinski definition) is 6. The molecule has 32 heavy (non-hydrogen) atoms. The standard InChI is InChI=1S/C24H28N6O2/c1-24(8-11-32-12-9-24)17-30-16-19(13-26-30)18-4-6-21(7-5-18)27-23(31)20-14-29(15-20)22-3-2-10-25-28-22/h2-7,10,13,16,20H,8-9,11-12,14-15,17H2,1H3,(H,27,31). The first-order valence-corrected chi connectivity index (χ1v) is 11.1. The number of amides is 1. The van der Waals surface area contributed by atoms with Crippen molar-refractivity contribution in [3.63, 3.8) is 0 Å². The molecule has 2 aliphatic rings. The minimum absolute atomic E-state index is 0.0374.